The minimum atomic E-state index is -4.59. The predicted molar refractivity (Wildman–Crippen MR) is 260 cm³/mol. The third-order valence-electron chi connectivity index (χ3n) is 10.4. The number of amides is 1. The van der Waals surface area contributed by atoms with Gasteiger partial charge >= 0.3 is 0 Å². The predicted octanol–water partition coefficient (Wildman–Crippen LogP) is 13.5. The Hall–Kier alpha value is -2.32. The van der Waals surface area contributed by atoms with E-state index in [2.05, 4.69) is 92.1 Å². The second kappa shape index (κ2) is 43.0. The van der Waals surface area contributed by atoms with Gasteiger partial charge in [-0.25, -0.2) is 0 Å². The van der Waals surface area contributed by atoms with Gasteiger partial charge < -0.3 is 28.8 Å². The summed E-state index contributed by atoms with van der Waals surface area (Å²) in [5.74, 6) is -0.207. The number of aliphatic hydroxyl groups is 1. The molecule has 0 bridgehead atoms. The molecule has 0 heterocycles. The van der Waals surface area contributed by atoms with Gasteiger partial charge in [0.2, 0.25) is 5.91 Å². The lowest BCUT2D eigenvalue weighted by molar-refractivity contribution is -0.870. The number of quaternary nitrogens is 1. The van der Waals surface area contributed by atoms with Crippen LogP contribution in [0.5, 0.6) is 0 Å². The van der Waals surface area contributed by atoms with Crippen molar-refractivity contribution >= 4 is 13.7 Å². The molecule has 0 aliphatic rings. The number of unbranched alkanes of at least 4 members (excludes halogenated alkanes) is 18. The largest absolute Gasteiger partial charge is 0.756 e. The van der Waals surface area contributed by atoms with Crippen molar-refractivity contribution in [1.82, 2.24) is 5.32 Å². The maximum atomic E-state index is 12.8. The molecule has 0 aromatic carbocycles. The number of aliphatic hydroxyl groups excluding tert-OH is 1. The Bertz CT molecular complexity index is 1260. The van der Waals surface area contributed by atoms with Crippen LogP contribution in [0.1, 0.15) is 187 Å². The van der Waals surface area contributed by atoms with Crippen molar-refractivity contribution in [2.45, 2.75) is 199 Å². The summed E-state index contributed by atoms with van der Waals surface area (Å²) in [6.07, 6.45) is 59.5. The minimum Gasteiger partial charge on any atom is -0.756 e. The average Bonchev–Trinajstić information content (AvgIpc) is 3.21. The van der Waals surface area contributed by atoms with Crippen molar-refractivity contribution in [3.8, 4) is 0 Å². The smallest absolute Gasteiger partial charge is 0.268 e. The average molecular weight is 873 g/mol. The molecule has 0 aromatic rings. The Kier molecular flexibility index (Phi) is 41.3. The molecule has 0 aliphatic carbocycles. The lowest BCUT2D eigenvalue weighted by Gasteiger charge is -2.29. The number of phosphoric ester groups is 1. The Morgan fingerprint density at radius 1 is 0.590 bits per heavy atom. The SMILES string of the molecule is CC/C=C\C/C=C\C/C=C\C/C=C\C/C=C\C/C=C\CCCCCCCCCCCCCCC(=O)NC(COP(=O)([O-])OCC[N+](C)(C)C)C(O)/C=C/CCCCCCCC. The molecule has 0 aliphatic heterocycles. The summed E-state index contributed by atoms with van der Waals surface area (Å²) < 4.78 is 23.1. The van der Waals surface area contributed by atoms with E-state index in [4.69, 9.17) is 9.05 Å². The van der Waals surface area contributed by atoms with E-state index in [1.54, 1.807) is 6.08 Å². The Morgan fingerprint density at radius 3 is 1.46 bits per heavy atom. The highest BCUT2D eigenvalue weighted by atomic mass is 31.2. The number of nitrogens with zero attached hydrogens (tertiary/aromatic N) is 1. The third kappa shape index (κ3) is 45.5. The van der Waals surface area contributed by atoms with Crippen molar-refractivity contribution in [2.75, 3.05) is 40.9 Å². The quantitative estimate of drug-likeness (QED) is 0.0273. The van der Waals surface area contributed by atoms with Crippen LogP contribution in [0.2, 0.25) is 0 Å². The highest BCUT2D eigenvalue weighted by Gasteiger charge is 2.23. The maximum absolute atomic E-state index is 12.8. The zero-order chi connectivity index (χ0) is 45.0. The molecule has 0 saturated carbocycles. The van der Waals surface area contributed by atoms with Crippen LogP contribution in [-0.4, -0.2) is 68.5 Å². The van der Waals surface area contributed by atoms with Crippen molar-refractivity contribution in [2.24, 2.45) is 0 Å². The number of allylic oxidation sites excluding steroid dienone is 13. The zero-order valence-corrected chi connectivity index (χ0v) is 40.7. The number of hydrogen-bond acceptors (Lipinski definition) is 6. The standard InChI is InChI=1S/C52H93N2O6P/c1-6-8-10-12-14-16-17-18-19-20-21-22-23-24-25-26-27-28-29-30-31-32-33-34-35-36-37-38-40-42-44-46-52(56)53-50(49-60-61(57,58)59-48-47-54(3,4)5)51(55)45-43-41-39-15-13-11-9-7-2/h8,10,14,16,18-19,21-22,24-25,27-28,43,45,50-51,55H,6-7,9,11-13,15,17,20,23,26,29-42,44,46-49H2,1-5H3,(H-,53,56,57,58)/b10-8-,16-14-,19-18-,22-21-,25-24-,28-27-,45-43+. The Labute approximate surface area is 376 Å². The van der Waals surface area contributed by atoms with Crippen LogP contribution in [0.15, 0.2) is 85.1 Å². The van der Waals surface area contributed by atoms with Gasteiger partial charge in [0.05, 0.1) is 39.9 Å². The number of carbonyl (C=O) groups excluding carboxylic acids is 1. The molecular weight excluding hydrogens is 780 g/mol. The van der Waals surface area contributed by atoms with Crippen LogP contribution in [0.4, 0.5) is 0 Å². The summed E-state index contributed by atoms with van der Waals surface area (Å²) in [4.78, 5) is 25.2. The molecule has 1 amide bonds. The molecule has 3 atom stereocenters. The summed E-state index contributed by atoms with van der Waals surface area (Å²) in [7, 11) is 1.25. The number of likely N-dealkylation sites (N-methyl/N-ethyl adjacent to an activating group) is 1. The van der Waals surface area contributed by atoms with Gasteiger partial charge in [0.15, 0.2) is 0 Å². The lowest BCUT2D eigenvalue weighted by atomic mass is 10.0. The van der Waals surface area contributed by atoms with Gasteiger partial charge in [0.1, 0.15) is 13.2 Å². The fourth-order valence-electron chi connectivity index (χ4n) is 6.51. The second-order valence-electron chi connectivity index (χ2n) is 17.4. The molecule has 0 aromatic heterocycles. The summed E-state index contributed by atoms with van der Waals surface area (Å²) in [6.45, 7) is 4.47. The second-order valence-corrected chi connectivity index (χ2v) is 18.8. The van der Waals surface area contributed by atoms with E-state index in [-0.39, 0.29) is 19.1 Å². The first kappa shape index (κ1) is 58.7. The monoisotopic (exact) mass is 873 g/mol. The molecule has 0 radical (unpaired) electrons. The fourth-order valence-corrected chi connectivity index (χ4v) is 7.23. The maximum Gasteiger partial charge on any atom is 0.268 e. The molecule has 352 valence electrons. The van der Waals surface area contributed by atoms with Gasteiger partial charge in [-0.05, 0) is 70.6 Å². The van der Waals surface area contributed by atoms with Gasteiger partial charge in [-0.2, -0.15) is 0 Å². The van der Waals surface area contributed by atoms with Gasteiger partial charge in [-0.3, -0.25) is 9.36 Å². The summed E-state index contributed by atoms with van der Waals surface area (Å²) in [6, 6.07) is -0.889. The number of rotatable bonds is 43. The molecule has 8 nitrogen and oxygen atoms in total. The minimum absolute atomic E-state index is 0.00510. The molecule has 0 fully saturated rings. The topological polar surface area (TPSA) is 108 Å². The first-order chi connectivity index (χ1) is 29.5. The van der Waals surface area contributed by atoms with Crippen molar-refractivity contribution in [3.05, 3.63) is 85.1 Å². The van der Waals surface area contributed by atoms with Crippen LogP contribution in [-0.2, 0) is 18.4 Å². The fraction of sp³-hybridized carbons (Fsp3) is 0.712. The van der Waals surface area contributed by atoms with Gasteiger partial charge in [-0.1, -0.05) is 195 Å². The molecule has 9 heteroatoms. The highest BCUT2D eigenvalue weighted by Crippen LogP contribution is 2.38. The third-order valence-corrected chi connectivity index (χ3v) is 11.3. The number of nitrogens with one attached hydrogen (secondary N) is 1. The van der Waals surface area contributed by atoms with Crippen molar-refractivity contribution < 1.29 is 32.9 Å². The van der Waals surface area contributed by atoms with Crippen LogP contribution >= 0.6 is 7.82 Å². The van der Waals surface area contributed by atoms with Crippen LogP contribution < -0.4 is 10.2 Å². The summed E-state index contributed by atoms with van der Waals surface area (Å²) in [5.41, 5.74) is 0. The molecule has 0 rings (SSSR count). The molecule has 61 heavy (non-hydrogen) atoms. The number of carbonyl (C=O) groups is 1. The van der Waals surface area contributed by atoms with E-state index in [1.165, 1.54) is 89.9 Å². The van der Waals surface area contributed by atoms with Gasteiger partial charge in [0.25, 0.3) is 7.82 Å². The Balaban J connectivity index is 4.06. The van der Waals surface area contributed by atoms with Gasteiger partial charge in [-0.15, -0.1) is 0 Å². The highest BCUT2D eigenvalue weighted by molar-refractivity contribution is 7.45. The molecule has 0 spiro atoms. The van der Waals surface area contributed by atoms with E-state index >= 15 is 0 Å². The van der Waals surface area contributed by atoms with E-state index in [0.29, 0.717) is 17.4 Å². The van der Waals surface area contributed by atoms with Crippen molar-refractivity contribution in [3.63, 3.8) is 0 Å². The van der Waals surface area contributed by atoms with E-state index < -0.39 is 20.0 Å². The van der Waals surface area contributed by atoms with Crippen LogP contribution in [0, 0.1) is 0 Å². The summed E-state index contributed by atoms with van der Waals surface area (Å²) in [5, 5.41) is 13.7. The molecular formula is C52H93N2O6P. The summed E-state index contributed by atoms with van der Waals surface area (Å²) >= 11 is 0. The van der Waals surface area contributed by atoms with E-state index in [0.717, 1.165) is 77.0 Å². The lowest BCUT2D eigenvalue weighted by Crippen LogP contribution is -2.45. The number of hydrogen-bond donors (Lipinski definition) is 2. The van der Waals surface area contributed by atoms with Crippen LogP contribution in [0.3, 0.4) is 0 Å². The first-order valence-electron chi connectivity index (χ1n) is 24.4. The molecule has 3 unspecified atom stereocenters. The molecule has 0 saturated heterocycles. The molecule has 2 N–H and O–H groups in total. The van der Waals surface area contributed by atoms with Crippen LogP contribution in [0.25, 0.3) is 0 Å². The van der Waals surface area contributed by atoms with E-state index in [1.807, 2.05) is 27.2 Å². The first-order valence-corrected chi connectivity index (χ1v) is 25.9. The Morgan fingerprint density at radius 2 is 1.00 bits per heavy atom. The normalized spacial score (nSPS) is 14.9. The van der Waals surface area contributed by atoms with Crippen molar-refractivity contribution in [1.29, 1.82) is 0 Å². The van der Waals surface area contributed by atoms with E-state index in [9.17, 15) is 19.4 Å². The zero-order valence-electron chi connectivity index (χ0n) is 39.8. The number of phosphoric acid groups is 1. The van der Waals surface area contributed by atoms with Gasteiger partial charge in [0, 0.05) is 6.42 Å².